The summed E-state index contributed by atoms with van der Waals surface area (Å²) in [6.45, 7) is 48.6. The van der Waals surface area contributed by atoms with Gasteiger partial charge in [0.25, 0.3) is 0 Å². The van der Waals surface area contributed by atoms with E-state index in [9.17, 15) is 0 Å². The van der Waals surface area contributed by atoms with E-state index in [0.717, 1.165) is 28.5 Å². The fraction of sp³-hybridized carbons (Fsp3) is 0.442. The van der Waals surface area contributed by atoms with Gasteiger partial charge in [0, 0.05) is 27.8 Å². The molecular formula is C86H108Cl2O2Si2Zr. The van der Waals surface area contributed by atoms with Crippen LogP contribution in [0.25, 0.3) is 45.6 Å². The second-order valence-electron chi connectivity index (χ2n) is 33.8. The van der Waals surface area contributed by atoms with Gasteiger partial charge in [-0.3, -0.25) is 0 Å². The Morgan fingerprint density at radius 2 is 1.01 bits per heavy atom. The van der Waals surface area contributed by atoms with Gasteiger partial charge in [0.2, 0.25) is 0 Å². The molecule has 12 rings (SSSR count). The Balaban J connectivity index is 0.000000195. The molecule has 0 saturated heterocycles. The van der Waals surface area contributed by atoms with Crippen LogP contribution in [0.1, 0.15) is 185 Å². The summed E-state index contributed by atoms with van der Waals surface area (Å²) in [5.41, 5.74) is 27.9. The quantitative estimate of drug-likeness (QED) is 0.127. The third-order valence-electron chi connectivity index (χ3n) is 22.8. The number of rotatable bonds is 10. The topological polar surface area (TPSA) is 18.5 Å². The fourth-order valence-electron chi connectivity index (χ4n) is 19.1. The number of ether oxygens (including phenoxy) is 2. The van der Waals surface area contributed by atoms with Crippen LogP contribution in [0.2, 0.25) is 37.3 Å². The molecule has 0 spiro atoms. The number of benzene rings is 6. The van der Waals surface area contributed by atoms with Gasteiger partial charge in [-0.25, -0.2) is 0 Å². The molecule has 10 atom stereocenters. The van der Waals surface area contributed by atoms with Gasteiger partial charge >= 0.3 is 37.9 Å². The third kappa shape index (κ3) is 13.7. The van der Waals surface area contributed by atoms with Crippen molar-refractivity contribution in [3.8, 4) is 28.0 Å². The molecule has 0 amide bonds. The van der Waals surface area contributed by atoms with Crippen molar-refractivity contribution in [1.29, 1.82) is 0 Å². The van der Waals surface area contributed by atoms with Crippen molar-refractivity contribution in [2.45, 2.75) is 188 Å². The Morgan fingerprint density at radius 1 is 0.505 bits per heavy atom. The number of hydrogen-bond acceptors (Lipinski definition) is 2. The molecule has 0 N–H and O–H groups in total. The Bertz CT molecular complexity index is 3890. The zero-order valence-corrected chi connectivity index (χ0v) is 66.4. The average Bonchev–Trinajstić information content (AvgIpc) is 1.59. The number of fused-ring (bicyclic) bond motifs is 4. The molecule has 2 saturated carbocycles. The van der Waals surface area contributed by atoms with Crippen LogP contribution in [0.4, 0.5) is 0 Å². The van der Waals surface area contributed by atoms with E-state index in [1.54, 1.807) is 5.57 Å². The van der Waals surface area contributed by atoms with Crippen molar-refractivity contribution in [1.82, 2.24) is 0 Å². The summed E-state index contributed by atoms with van der Waals surface area (Å²) < 4.78 is 12.6. The Morgan fingerprint density at radius 3 is 1.53 bits per heavy atom. The first-order chi connectivity index (χ1) is 43.7. The summed E-state index contributed by atoms with van der Waals surface area (Å²) in [4.78, 5) is 0. The first-order valence-corrected chi connectivity index (χ1v) is 47.3. The molecule has 2 fully saturated rings. The van der Waals surface area contributed by atoms with Crippen LogP contribution in [0.5, 0.6) is 5.75 Å². The van der Waals surface area contributed by atoms with Crippen LogP contribution < -0.4 is 4.74 Å². The first kappa shape index (κ1) is 71.0. The van der Waals surface area contributed by atoms with Crippen LogP contribution in [0, 0.1) is 40.9 Å². The van der Waals surface area contributed by atoms with Crippen molar-refractivity contribution in [3.63, 3.8) is 0 Å². The van der Waals surface area contributed by atoms with E-state index >= 15 is 0 Å². The van der Waals surface area contributed by atoms with E-state index in [-0.39, 0.29) is 21.7 Å². The molecule has 6 aliphatic rings. The van der Waals surface area contributed by atoms with Gasteiger partial charge < -0.3 is 9.47 Å². The van der Waals surface area contributed by atoms with Crippen LogP contribution in [0.3, 0.4) is 0 Å². The Kier molecular flexibility index (Phi) is 20.8. The van der Waals surface area contributed by atoms with Crippen molar-refractivity contribution in [3.05, 3.63) is 230 Å². The van der Waals surface area contributed by atoms with Gasteiger partial charge in [-0.1, -0.05) is 304 Å². The number of methoxy groups -OCH3 is 2. The number of hydrogen-bond donors (Lipinski definition) is 0. The van der Waals surface area contributed by atoms with Gasteiger partial charge in [0.1, 0.15) is 11.5 Å². The van der Waals surface area contributed by atoms with E-state index in [4.69, 9.17) is 26.5 Å². The molecule has 0 aromatic heterocycles. The maximum absolute atomic E-state index is 6.34. The van der Waals surface area contributed by atoms with Crippen molar-refractivity contribution >= 4 is 56.5 Å². The molecule has 6 aromatic carbocycles. The monoisotopic (exact) mass is 1390 g/mol. The van der Waals surface area contributed by atoms with Crippen LogP contribution in [-0.2, 0) is 41.8 Å². The van der Waals surface area contributed by atoms with E-state index in [1.165, 1.54) is 107 Å². The van der Waals surface area contributed by atoms with Gasteiger partial charge in [-0.2, -0.15) is 0 Å². The predicted molar refractivity (Wildman–Crippen MR) is 406 cm³/mol. The summed E-state index contributed by atoms with van der Waals surface area (Å²) in [5.74, 6) is 5.95. The van der Waals surface area contributed by atoms with E-state index < -0.39 is 37.0 Å². The molecule has 490 valence electrons. The molecule has 10 unspecified atom stereocenters. The molecule has 7 heteroatoms. The molecule has 93 heavy (non-hydrogen) atoms. The van der Waals surface area contributed by atoms with Crippen LogP contribution in [0.15, 0.2) is 180 Å². The third-order valence-corrected chi connectivity index (χ3v) is 32.6. The van der Waals surface area contributed by atoms with Gasteiger partial charge in [-0.15, -0.1) is 0 Å². The molecule has 0 radical (unpaired) electrons. The number of allylic oxidation sites excluding steroid dienone is 9. The summed E-state index contributed by atoms with van der Waals surface area (Å²) in [6.07, 6.45) is 17.7. The molecule has 2 nitrogen and oxygen atoms in total. The number of halogens is 2. The molecule has 0 aliphatic heterocycles. The van der Waals surface area contributed by atoms with Crippen LogP contribution >= 0.6 is 17.0 Å². The Hall–Kier alpha value is -4.74. The van der Waals surface area contributed by atoms with Gasteiger partial charge in [0.05, 0.1) is 30.4 Å². The summed E-state index contributed by atoms with van der Waals surface area (Å²) in [6, 6.07) is 50.4. The van der Waals surface area contributed by atoms with E-state index in [1.807, 2.05) is 14.2 Å². The van der Waals surface area contributed by atoms with E-state index in [2.05, 4.69) is 307 Å². The minimum atomic E-state index is -2.03. The van der Waals surface area contributed by atoms with Gasteiger partial charge in [0.15, 0.2) is 0 Å². The second kappa shape index (κ2) is 27.3. The predicted octanol–water partition coefficient (Wildman–Crippen LogP) is 25.5. The maximum atomic E-state index is 6.34. The van der Waals surface area contributed by atoms with Crippen LogP contribution in [-0.4, -0.2) is 30.4 Å². The van der Waals surface area contributed by atoms with Crippen molar-refractivity contribution in [2.24, 2.45) is 40.9 Å². The molecule has 0 heterocycles. The zero-order valence-electron chi connectivity index (χ0n) is 60.4. The zero-order chi connectivity index (χ0) is 67.7. The SMILES string of the molecule is COC1=C(c2ccccc2)C2CC(C)C([Si](C)(C)C3C(C)CC4C(c5ccc(C(C)(C)C)cc5)=CC=CC43)C2C=C1C(C)(C)C.COc1c(C(C)(C)C)cc2c(c1-c1ccccc1)C=C(C)C2[Si](C)(C)C1C(C)=Cc2c(-c3ccc(C(C)(C)C)cc3)cccc21.[Cl][Zr][Cl]. The average molecular weight is 1390 g/mol. The molecule has 0 bridgehead atoms. The Labute approximate surface area is 583 Å². The summed E-state index contributed by atoms with van der Waals surface area (Å²) in [5, 5.41) is 0. The fourth-order valence-corrected chi connectivity index (χ4v) is 30.4. The summed E-state index contributed by atoms with van der Waals surface area (Å²) in [7, 11) is 9.78. The summed E-state index contributed by atoms with van der Waals surface area (Å²) >= 11 is -0.826. The standard InChI is InChI=1S/C43H58OSi.C43H50OSi.2ClH.Zr/c2*1-27-24-34-32(29-20-22-31(23-21-29)42(3,4)5)18-15-19-33(34)40(27)45(10,11)41-28(2)25-35-36(41)26-37(43(6,7)8)39(44-9)38(35)30-16-13-12-14-17-30;;;/h12-23,26-28,33-36,40-41H,24-25H2,1-11H3;12-26,40-41H,1-11H3;2*1H;/q;;;;+2/p-2. The molecular weight excluding hydrogens is 1280 g/mol. The van der Waals surface area contributed by atoms with E-state index in [0.29, 0.717) is 40.7 Å². The first-order valence-electron chi connectivity index (χ1n) is 34.6. The van der Waals surface area contributed by atoms with Gasteiger partial charge in [-0.05, 0) is 167 Å². The second-order valence-corrected chi connectivity index (χ2v) is 47.3. The minimum absolute atomic E-state index is 0.0263. The normalized spacial score (nSPS) is 24.2. The molecule has 6 aromatic rings. The van der Waals surface area contributed by atoms with Crippen molar-refractivity contribution < 1.29 is 30.3 Å². The molecule has 6 aliphatic carbocycles. The van der Waals surface area contributed by atoms with Crippen molar-refractivity contribution in [2.75, 3.05) is 14.2 Å².